The van der Waals surface area contributed by atoms with Crippen LogP contribution in [0.5, 0.6) is 0 Å². The van der Waals surface area contributed by atoms with Crippen LogP contribution in [0.3, 0.4) is 0 Å². The molecule has 0 N–H and O–H groups in total. The number of rotatable bonds is 9. The summed E-state index contributed by atoms with van der Waals surface area (Å²) in [6, 6.07) is 24.3. The van der Waals surface area contributed by atoms with Gasteiger partial charge in [0.05, 0.1) is 20.1 Å². The maximum absolute atomic E-state index is 13.8. The molecule has 3 aromatic carbocycles. The van der Waals surface area contributed by atoms with Gasteiger partial charge in [0.25, 0.3) is 12.1 Å². The van der Waals surface area contributed by atoms with E-state index in [0.29, 0.717) is 30.6 Å². The van der Waals surface area contributed by atoms with Gasteiger partial charge in [0.15, 0.2) is 11.9 Å². The predicted octanol–water partition coefficient (Wildman–Crippen LogP) is 4.51. The van der Waals surface area contributed by atoms with Crippen molar-refractivity contribution in [2.24, 2.45) is 0 Å². The zero-order chi connectivity index (χ0) is 25.2. The number of esters is 1. The fourth-order valence-corrected chi connectivity index (χ4v) is 5.72. The zero-order valence-corrected chi connectivity index (χ0v) is 20.4. The molecule has 36 heavy (non-hydrogen) atoms. The summed E-state index contributed by atoms with van der Waals surface area (Å²) >= 11 is 0. The van der Waals surface area contributed by atoms with Gasteiger partial charge in [0.2, 0.25) is 0 Å². The topological polar surface area (TPSA) is 69.7 Å². The third-order valence-corrected chi connectivity index (χ3v) is 7.52. The van der Waals surface area contributed by atoms with Gasteiger partial charge in [0.1, 0.15) is 6.54 Å². The van der Waals surface area contributed by atoms with E-state index in [1.807, 2.05) is 78.9 Å². The van der Waals surface area contributed by atoms with Crippen molar-refractivity contribution >= 4 is 18.2 Å². The summed E-state index contributed by atoms with van der Waals surface area (Å²) < 4.78 is 12.4. The van der Waals surface area contributed by atoms with Crippen molar-refractivity contribution in [1.29, 1.82) is 0 Å². The Morgan fingerprint density at radius 2 is 1.56 bits per heavy atom. The predicted molar refractivity (Wildman–Crippen MR) is 135 cm³/mol. The van der Waals surface area contributed by atoms with Crippen molar-refractivity contribution in [2.45, 2.75) is 31.0 Å². The Kier molecular flexibility index (Phi) is 6.46. The number of likely N-dealkylation sites (N-methyl/N-ethyl adjacent to an activating group) is 1. The summed E-state index contributed by atoms with van der Waals surface area (Å²) in [7, 11) is 2.14. The lowest BCUT2D eigenvalue weighted by Gasteiger charge is -2.31. The number of nitrogens with zero attached hydrogens (tertiary/aromatic N) is 1. The van der Waals surface area contributed by atoms with E-state index in [4.69, 9.17) is 9.47 Å². The van der Waals surface area contributed by atoms with Gasteiger partial charge in [-0.05, 0) is 11.1 Å². The second-order valence-corrected chi connectivity index (χ2v) is 9.94. The number of hydrogen-bond acceptors (Lipinski definition) is 5. The maximum atomic E-state index is 13.8. The Balaban J connectivity index is 1.28. The van der Waals surface area contributed by atoms with Gasteiger partial charge in [-0.25, -0.2) is 4.79 Å². The number of ketones is 1. The fourth-order valence-electron chi connectivity index (χ4n) is 5.72. The number of Topliss-reactive ketones (excluding diaryl/α,β-unsaturated/α-hetero) is 1. The van der Waals surface area contributed by atoms with E-state index >= 15 is 0 Å². The second-order valence-electron chi connectivity index (χ2n) is 9.94. The molecule has 3 aromatic rings. The standard InChI is InChI=1S/C30H30NO5/c1-31(18-9-16-28(33)22-10-3-2-4-11-22)19-17-23(20-31)36-29(34)30(35-21-32)26-14-7-5-12-24(26)25-13-6-8-15-27(25)30/h2-8,10-15,21,23H,9,16-20H2,1H3/q+1/t23-,31?/m1/s1. The molecule has 2 aliphatic rings. The molecular formula is C30H30NO5+. The monoisotopic (exact) mass is 484 g/mol. The second kappa shape index (κ2) is 9.70. The molecule has 1 aliphatic carbocycles. The van der Waals surface area contributed by atoms with Gasteiger partial charge in [-0.15, -0.1) is 0 Å². The minimum absolute atomic E-state index is 0.149. The van der Waals surface area contributed by atoms with Crippen molar-refractivity contribution < 1.29 is 28.3 Å². The van der Waals surface area contributed by atoms with E-state index in [0.717, 1.165) is 47.1 Å². The molecule has 0 radical (unpaired) electrons. The van der Waals surface area contributed by atoms with Crippen LogP contribution in [0.2, 0.25) is 0 Å². The van der Waals surface area contributed by atoms with Crippen LogP contribution in [0.1, 0.15) is 40.7 Å². The number of hydrogen-bond donors (Lipinski definition) is 0. The van der Waals surface area contributed by atoms with Crippen molar-refractivity contribution in [1.82, 2.24) is 0 Å². The molecule has 1 unspecified atom stereocenters. The number of likely N-dealkylation sites (tertiary alicyclic amines) is 1. The van der Waals surface area contributed by atoms with Gasteiger partial charge in [-0.2, -0.15) is 0 Å². The molecule has 5 rings (SSSR count). The van der Waals surface area contributed by atoms with E-state index in [1.54, 1.807) is 0 Å². The molecule has 0 spiro atoms. The first-order chi connectivity index (χ1) is 17.5. The highest BCUT2D eigenvalue weighted by Crippen LogP contribution is 2.50. The highest BCUT2D eigenvalue weighted by Gasteiger charge is 2.54. The Hall–Kier alpha value is -3.77. The van der Waals surface area contributed by atoms with Crippen LogP contribution in [0.15, 0.2) is 78.9 Å². The van der Waals surface area contributed by atoms with Crippen molar-refractivity contribution in [3.8, 4) is 11.1 Å². The number of ether oxygens (including phenoxy) is 2. The first kappa shape index (κ1) is 23.9. The highest BCUT2D eigenvalue weighted by atomic mass is 16.6. The summed E-state index contributed by atoms with van der Waals surface area (Å²) in [6.45, 7) is 2.67. The third kappa shape index (κ3) is 4.22. The molecule has 6 heteroatoms. The first-order valence-corrected chi connectivity index (χ1v) is 12.4. The van der Waals surface area contributed by atoms with Crippen molar-refractivity contribution in [3.05, 3.63) is 95.6 Å². The molecule has 0 aromatic heterocycles. The molecule has 6 nitrogen and oxygen atoms in total. The van der Waals surface area contributed by atoms with Crippen LogP contribution in [0.25, 0.3) is 11.1 Å². The Labute approximate surface area is 211 Å². The summed E-state index contributed by atoms with van der Waals surface area (Å²) in [6.07, 6.45) is 1.69. The van der Waals surface area contributed by atoms with E-state index in [1.165, 1.54) is 0 Å². The Bertz CT molecular complexity index is 1240. The lowest BCUT2D eigenvalue weighted by molar-refractivity contribution is -0.899. The number of fused-ring (bicyclic) bond motifs is 3. The van der Waals surface area contributed by atoms with Gasteiger partial charge in [0, 0.05) is 36.0 Å². The lowest BCUT2D eigenvalue weighted by atomic mass is 9.91. The third-order valence-electron chi connectivity index (χ3n) is 7.52. The number of carbonyl (C=O) groups excluding carboxylic acids is 3. The lowest BCUT2D eigenvalue weighted by Crippen LogP contribution is -2.45. The average molecular weight is 485 g/mol. The minimum Gasteiger partial charge on any atom is -0.453 e. The highest BCUT2D eigenvalue weighted by molar-refractivity contribution is 5.97. The van der Waals surface area contributed by atoms with Gasteiger partial charge in [-0.3, -0.25) is 9.59 Å². The fraction of sp³-hybridized carbons (Fsp3) is 0.300. The molecular weight excluding hydrogens is 454 g/mol. The van der Waals surface area contributed by atoms with Crippen molar-refractivity contribution in [2.75, 3.05) is 26.7 Å². The van der Waals surface area contributed by atoms with Crippen molar-refractivity contribution in [3.63, 3.8) is 0 Å². The van der Waals surface area contributed by atoms with Crippen LogP contribution in [-0.2, 0) is 24.7 Å². The molecule has 1 saturated heterocycles. The van der Waals surface area contributed by atoms with Crippen LogP contribution in [-0.4, -0.2) is 55.5 Å². The molecule has 1 aliphatic heterocycles. The Morgan fingerprint density at radius 1 is 0.944 bits per heavy atom. The smallest absolute Gasteiger partial charge is 0.360 e. The largest absolute Gasteiger partial charge is 0.453 e. The summed E-state index contributed by atoms with van der Waals surface area (Å²) in [5, 5.41) is 0. The SMILES string of the molecule is C[N+]1(CCCC(=O)c2ccccc2)CC[C@@H](OC(=O)C2(OC=O)c3ccccc3-c3ccccc32)C1. The molecule has 1 fully saturated rings. The zero-order valence-electron chi connectivity index (χ0n) is 20.4. The van der Waals surface area contributed by atoms with E-state index < -0.39 is 11.6 Å². The number of carbonyl (C=O) groups is 3. The molecule has 0 bridgehead atoms. The summed E-state index contributed by atoms with van der Waals surface area (Å²) in [4.78, 5) is 37.9. The van der Waals surface area contributed by atoms with Crippen LogP contribution < -0.4 is 0 Å². The van der Waals surface area contributed by atoms with Crippen LogP contribution in [0.4, 0.5) is 0 Å². The number of benzene rings is 3. The molecule has 2 atom stereocenters. The maximum Gasteiger partial charge on any atom is 0.360 e. The normalized spacial score (nSPS) is 21.3. The molecule has 0 saturated carbocycles. The van der Waals surface area contributed by atoms with Gasteiger partial charge in [-0.1, -0.05) is 78.9 Å². The van der Waals surface area contributed by atoms with Gasteiger partial charge >= 0.3 is 5.97 Å². The minimum atomic E-state index is -1.61. The van der Waals surface area contributed by atoms with Gasteiger partial charge < -0.3 is 14.0 Å². The molecule has 184 valence electrons. The van der Waals surface area contributed by atoms with Crippen LogP contribution in [0, 0.1) is 0 Å². The van der Waals surface area contributed by atoms with E-state index in [2.05, 4.69) is 7.05 Å². The molecule has 1 heterocycles. The quantitative estimate of drug-likeness (QED) is 0.193. The molecule has 0 amide bonds. The van der Waals surface area contributed by atoms with E-state index in [9.17, 15) is 14.4 Å². The summed E-state index contributed by atoms with van der Waals surface area (Å²) in [5.74, 6) is -0.416. The average Bonchev–Trinajstić information content (AvgIpc) is 3.41. The first-order valence-electron chi connectivity index (χ1n) is 12.4. The van der Waals surface area contributed by atoms with Crippen LogP contribution >= 0.6 is 0 Å². The van der Waals surface area contributed by atoms with E-state index in [-0.39, 0.29) is 11.9 Å². The number of quaternary nitrogens is 1. The summed E-state index contributed by atoms with van der Waals surface area (Å²) in [5.41, 5.74) is 2.11. The Morgan fingerprint density at radius 3 is 2.19 bits per heavy atom.